The van der Waals surface area contributed by atoms with Crippen LogP contribution in [0.4, 0.5) is 5.69 Å². The van der Waals surface area contributed by atoms with Crippen LogP contribution in [0.1, 0.15) is 16.1 Å². The fourth-order valence-corrected chi connectivity index (χ4v) is 2.70. The summed E-state index contributed by atoms with van der Waals surface area (Å²) in [6.07, 6.45) is 2.84. The van der Waals surface area contributed by atoms with E-state index in [1.54, 1.807) is 6.07 Å². The molecule has 2 heterocycles. The molecule has 10 heteroatoms. The molecule has 0 aliphatic carbocycles. The number of carbonyl (C=O) groups excluding carboxylic acids is 1. The van der Waals surface area contributed by atoms with E-state index in [1.165, 1.54) is 17.9 Å². The monoisotopic (exact) mass is 361 g/mol. The maximum Gasteiger partial charge on any atom is 0.320 e. The molecule has 0 bridgehead atoms. The fraction of sp³-hybridized carbons (Fsp3) is 0.267. The van der Waals surface area contributed by atoms with Crippen LogP contribution in [-0.4, -0.2) is 44.4 Å². The number of rotatable bonds is 6. The predicted octanol–water partition coefficient (Wildman–Crippen LogP) is 1.59. The molecule has 1 aromatic heterocycles. The van der Waals surface area contributed by atoms with Crippen molar-refractivity contribution in [3.63, 3.8) is 0 Å². The molecule has 1 aliphatic rings. The Bertz CT molecular complexity index is 831. The van der Waals surface area contributed by atoms with Gasteiger partial charge in [-0.2, -0.15) is 22.0 Å². The van der Waals surface area contributed by atoms with Crippen LogP contribution in [0.15, 0.2) is 35.6 Å². The molecule has 2 aromatic rings. The van der Waals surface area contributed by atoms with Crippen LogP contribution in [0.5, 0.6) is 5.75 Å². The Balaban J connectivity index is 1.63. The Hall–Kier alpha value is -2.88. The molecule has 25 heavy (non-hydrogen) atoms. The van der Waals surface area contributed by atoms with E-state index in [-0.39, 0.29) is 17.5 Å². The first-order chi connectivity index (χ1) is 12.0. The van der Waals surface area contributed by atoms with Crippen LogP contribution in [-0.2, 0) is 7.05 Å². The molecule has 1 aliphatic heterocycles. The van der Waals surface area contributed by atoms with E-state index in [4.69, 9.17) is 4.74 Å². The summed E-state index contributed by atoms with van der Waals surface area (Å²) in [7, 11) is 1.50. The third kappa shape index (κ3) is 4.15. The van der Waals surface area contributed by atoms with Crippen LogP contribution >= 0.6 is 11.8 Å². The van der Waals surface area contributed by atoms with Gasteiger partial charge >= 0.3 is 5.69 Å². The summed E-state index contributed by atoms with van der Waals surface area (Å²) in [6, 6.07) is 7.30. The first-order valence-corrected chi connectivity index (χ1v) is 8.54. The van der Waals surface area contributed by atoms with E-state index in [1.807, 2.05) is 30.0 Å². The lowest BCUT2D eigenvalue weighted by molar-refractivity contribution is -0.385. The Kier molecular flexibility index (Phi) is 4.98. The van der Waals surface area contributed by atoms with Gasteiger partial charge < -0.3 is 4.74 Å². The van der Waals surface area contributed by atoms with Crippen LogP contribution in [0.2, 0.25) is 0 Å². The number of nitrogens with one attached hydrogen (secondary N) is 1. The SMILES string of the molecule is Cn1cc([N+](=O)[O-])c(C(=O)N/N=C\c2cccc(OC3CSC3)c2)n1. The zero-order valence-electron chi connectivity index (χ0n) is 13.3. The number of aromatic nitrogens is 2. The number of nitrogens with zero attached hydrogens (tertiary/aromatic N) is 4. The number of thioether (sulfide) groups is 1. The van der Waals surface area contributed by atoms with Gasteiger partial charge in [0.25, 0.3) is 5.91 Å². The molecule has 1 saturated heterocycles. The number of hydrogen-bond donors (Lipinski definition) is 1. The van der Waals surface area contributed by atoms with Gasteiger partial charge in [-0.25, -0.2) is 5.43 Å². The quantitative estimate of drug-likeness (QED) is 0.475. The standard InChI is InChI=1S/C15H15N5O4S/c1-19-7-13(20(22)23)14(18-19)15(21)17-16-6-10-3-2-4-11(5-10)24-12-8-25-9-12/h2-7,12H,8-9H2,1H3,(H,17,21)/b16-6-. The number of nitro groups is 1. The summed E-state index contributed by atoms with van der Waals surface area (Å²) < 4.78 is 6.98. The zero-order valence-corrected chi connectivity index (χ0v) is 14.1. The average Bonchev–Trinajstić information content (AvgIpc) is 2.94. The maximum absolute atomic E-state index is 12.0. The van der Waals surface area contributed by atoms with Gasteiger partial charge in [-0.1, -0.05) is 12.1 Å². The highest BCUT2D eigenvalue weighted by Crippen LogP contribution is 2.24. The molecule has 1 N–H and O–H groups in total. The van der Waals surface area contributed by atoms with Gasteiger partial charge in [-0.3, -0.25) is 19.6 Å². The number of benzene rings is 1. The highest BCUT2D eigenvalue weighted by Gasteiger charge is 2.24. The minimum Gasteiger partial charge on any atom is -0.489 e. The Morgan fingerprint density at radius 2 is 2.36 bits per heavy atom. The molecule has 0 saturated carbocycles. The van der Waals surface area contributed by atoms with Crippen molar-refractivity contribution < 1.29 is 14.5 Å². The summed E-state index contributed by atoms with van der Waals surface area (Å²) in [5.74, 6) is 1.96. The summed E-state index contributed by atoms with van der Waals surface area (Å²) in [5.41, 5.74) is 2.32. The second-order valence-electron chi connectivity index (χ2n) is 5.34. The van der Waals surface area contributed by atoms with Crippen LogP contribution in [0.3, 0.4) is 0 Å². The van der Waals surface area contributed by atoms with Gasteiger partial charge in [0.05, 0.1) is 11.1 Å². The zero-order chi connectivity index (χ0) is 17.8. The van der Waals surface area contributed by atoms with Crippen molar-refractivity contribution in [2.24, 2.45) is 12.1 Å². The Labute approximate surface area is 147 Å². The van der Waals surface area contributed by atoms with Gasteiger partial charge in [0.15, 0.2) is 0 Å². The van der Waals surface area contributed by atoms with Gasteiger partial charge in [0.1, 0.15) is 18.1 Å². The van der Waals surface area contributed by atoms with E-state index >= 15 is 0 Å². The molecule has 1 amide bonds. The summed E-state index contributed by atoms with van der Waals surface area (Å²) >= 11 is 1.83. The van der Waals surface area contributed by atoms with E-state index in [9.17, 15) is 14.9 Å². The summed E-state index contributed by atoms with van der Waals surface area (Å²) in [5, 5.41) is 18.5. The number of amides is 1. The average molecular weight is 361 g/mol. The summed E-state index contributed by atoms with van der Waals surface area (Å²) in [6.45, 7) is 0. The van der Waals surface area contributed by atoms with Crippen molar-refractivity contribution in [1.82, 2.24) is 15.2 Å². The number of aryl methyl sites for hydroxylation is 1. The third-order valence-electron chi connectivity index (χ3n) is 3.37. The number of ether oxygens (including phenoxy) is 1. The van der Waals surface area contributed by atoms with E-state index in [0.29, 0.717) is 0 Å². The van der Waals surface area contributed by atoms with Gasteiger partial charge in [0.2, 0.25) is 5.69 Å². The lowest BCUT2D eigenvalue weighted by Crippen LogP contribution is -2.31. The van der Waals surface area contributed by atoms with Crippen molar-refractivity contribution in [2.45, 2.75) is 6.10 Å². The number of carbonyl (C=O) groups is 1. The van der Waals surface area contributed by atoms with E-state index in [2.05, 4.69) is 15.6 Å². The molecular formula is C15H15N5O4S. The first-order valence-electron chi connectivity index (χ1n) is 7.39. The van der Waals surface area contributed by atoms with Crippen LogP contribution in [0, 0.1) is 10.1 Å². The van der Waals surface area contributed by atoms with Crippen molar-refractivity contribution in [2.75, 3.05) is 11.5 Å². The Morgan fingerprint density at radius 1 is 1.56 bits per heavy atom. The number of hydrazone groups is 1. The van der Waals surface area contributed by atoms with Gasteiger partial charge in [-0.05, 0) is 17.7 Å². The van der Waals surface area contributed by atoms with Gasteiger partial charge in [0, 0.05) is 18.6 Å². The molecule has 130 valence electrons. The normalized spacial score (nSPS) is 14.3. The van der Waals surface area contributed by atoms with E-state index in [0.717, 1.165) is 29.0 Å². The van der Waals surface area contributed by atoms with Gasteiger partial charge in [-0.15, -0.1) is 0 Å². The molecule has 0 spiro atoms. The van der Waals surface area contributed by atoms with Crippen molar-refractivity contribution >= 4 is 29.6 Å². The smallest absolute Gasteiger partial charge is 0.320 e. The minimum atomic E-state index is -0.748. The first kappa shape index (κ1) is 17.0. The molecule has 9 nitrogen and oxygen atoms in total. The molecule has 1 fully saturated rings. The summed E-state index contributed by atoms with van der Waals surface area (Å²) in [4.78, 5) is 22.2. The Morgan fingerprint density at radius 3 is 3.04 bits per heavy atom. The van der Waals surface area contributed by atoms with Crippen molar-refractivity contribution in [1.29, 1.82) is 0 Å². The second-order valence-corrected chi connectivity index (χ2v) is 6.42. The number of hydrogen-bond acceptors (Lipinski definition) is 7. The van der Waals surface area contributed by atoms with E-state index < -0.39 is 10.8 Å². The molecular weight excluding hydrogens is 346 g/mol. The topological polar surface area (TPSA) is 112 Å². The fourth-order valence-electron chi connectivity index (χ4n) is 2.13. The highest BCUT2D eigenvalue weighted by atomic mass is 32.2. The lowest BCUT2D eigenvalue weighted by Gasteiger charge is -2.25. The molecule has 1 aromatic carbocycles. The van der Waals surface area contributed by atoms with Crippen LogP contribution in [0.25, 0.3) is 0 Å². The third-order valence-corrected chi connectivity index (χ3v) is 4.58. The largest absolute Gasteiger partial charge is 0.489 e. The molecule has 0 radical (unpaired) electrons. The molecule has 0 atom stereocenters. The van der Waals surface area contributed by atoms with Crippen LogP contribution < -0.4 is 10.2 Å². The molecule has 0 unspecified atom stereocenters. The lowest BCUT2D eigenvalue weighted by atomic mass is 10.2. The minimum absolute atomic E-state index is 0.238. The van der Waals surface area contributed by atoms with Crippen molar-refractivity contribution in [3.8, 4) is 5.75 Å². The van der Waals surface area contributed by atoms with Crippen molar-refractivity contribution in [3.05, 3.63) is 51.8 Å². The maximum atomic E-state index is 12.0. The molecule has 3 rings (SSSR count). The highest BCUT2D eigenvalue weighted by molar-refractivity contribution is 8.00. The predicted molar refractivity (Wildman–Crippen MR) is 93.1 cm³/mol. The second kappa shape index (κ2) is 7.34.